The second-order valence-electron chi connectivity index (χ2n) is 6.59. The smallest absolute Gasteiger partial charge is 0.407 e. The molecule has 0 aromatic heterocycles. The third-order valence-electron chi connectivity index (χ3n) is 3.42. The lowest BCUT2D eigenvalue weighted by Gasteiger charge is -2.22. The molecular formula is C14H26N2O3. The normalized spacial score (nSPS) is 30.8. The topological polar surface area (TPSA) is 59.6 Å². The molecule has 1 saturated heterocycles. The zero-order valence-corrected chi connectivity index (χ0v) is 12.2. The Labute approximate surface area is 115 Å². The van der Waals surface area contributed by atoms with Crippen LogP contribution in [0.3, 0.4) is 0 Å². The van der Waals surface area contributed by atoms with E-state index in [0.717, 1.165) is 32.6 Å². The van der Waals surface area contributed by atoms with Crippen molar-refractivity contribution in [1.82, 2.24) is 10.6 Å². The molecule has 110 valence electrons. The second kappa shape index (κ2) is 6.09. The summed E-state index contributed by atoms with van der Waals surface area (Å²) in [4.78, 5) is 11.6. The van der Waals surface area contributed by atoms with E-state index in [1.54, 1.807) is 0 Å². The summed E-state index contributed by atoms with van der Waals surface area (Å²) < 4.78 is 10.7. The van der Waals surface area contributed by atoms with Crippen LogP contribution in [0.1, 0.15) is 40.0 Å². The number of ether oxygens (including phenoxy) is 2. The summed E-state index contributed by atoms with van der Waals surface area (Å²) in [6, 6.07) is 0.619. The lowest BCUT2D eigenvalue weighted by Crippen LogP contribution is -2.38. The third kappa shape index (κ3) is 5.37. The van der Waals surface area contributed by atoms with E-state index >= 15 is 0 Å². The maximum absolute atomic E-state index is 11.6. The van der Waals surface area contributed by atoms with E-state index in [-0.39, 0.29) is 12.1 Å². The van der Waals surface area contributed by atoms with Gasteiger partial charge in [0.05, 0.1) is 6.61 Å². The highest BCUT2D eigenvalue weighted by Gasteiger charge is 2.39. The highest BCUT2D eigenvalue weighted by Crippen LogP contribution is 2.23. The lowest BCUT2D eigenvalue weighted by atomic mass is 10.0. The maximum atomic E-state index is 11.6. The van der Waals surface area contributed by atoms with Crippen molar-refractivity contribution < 1.29 is 14.3 Å². The zero-order valence-electron chi connectivity index (χ0n) is 12.2. The molecule has 1 saturated carbocycles. The molecule has 1 amide bonds. The number of hydrogen-bond acceptors (Lipinski definition) is 4. The van der Waals surface area contributed by atoms with Crippen LogP contribution in [-0.4, -0.2) is 43.5 Å². The molecule has 1 aliphatic carbocycles. The summed E-state index contributed by atoms with van der Waals surface area (Å²) in [7, 11) is 0. The average molecular weight is 270 g/mol. The van der Waals surface area contributed by atoms with Gasteiger partial charge in [-0.3, -0.25) is 0 Å². The average Bonchev–Trinajstić information content (AvgIpc) is 3.03. The van der Waals surface area contributed by atoms with Crippen LogP contribution in [0.25, 0.3) is 0 Å². The Morgan fingerprint density at radius 1 is 1.37 bits per heavy atom. The van der Waals surface area contributed by atoms with Crippen molar-refractivity contribution in [2.24, 2.45) is 5.92 Å². The first-order chi connectivity index (χ1) is 8.94. The molecule has 2 rings (SSSR count). The van der Waals surface area contributed by atoms with Crippen LogP contribution in [0.4, 0.5) is 4.79 Å². The minimum absolute atomic E-state index is 0.222. The summed E-state index contributed by atoms with van der Waals surface area (Å²) in [6.07, 6.45) is 3.08. The van der Waals surface area contributed by atoms with E-state index in [4.69, 9.17) is 9.47 Å². The molecular weight excluding hydrogens is 244 g/mol. The lowest BCUT2D eigenvalue weighted by molar-refractivity contribution is 0.0513. The molecule has 0 aromatic rings. The molecule has 3 atom stereocenters. The molecule has 3 unspecified atom stereocenters. The van der Waals surface area contributed by atoms with E-state index in [2.05, 4.69) is 10.6 Å². The van der Waals surface area contributed by atoms with Crippen LogP contribution in [0.5, 0.6) is 0 Å². The van der Waals surface area contributed by atoms with Crippen molar-refractivity contribution in [3.63, 3.8) is 0 Å². The fraction of sp³-hybridized carbons (Fsp3) is 0.929. The minimum Gasteiger partial charge on any atom is -0.444 e. The Kier molecular flexibility index (Phi) is 4.68. The van der Waals surface area contributed by atoms with Crippen LogP contribution >= 0.6 is 0 Å². The zero-order chi connectivity index (χ0) is 13.9. The Hall–Kier alpha value is -0.810. The Balaban J connectivity index is 1.58. The van der Waals surface area contributed by atoms with Crippen LogP contribution < -0.4 is 10.6 Å². The first-order valence-electron chi connectivity index (χ1n) is 7.25. The van der Waals surface area contributed by atoms with Gasteiger partial charge in [-0.2, -0.15) is 0 Å². The van der Waals surface area contributed by atoms with E-state index < -0.39 is 5.60 Å². The Morgan fingerprint density at radius 3 is 2.79 bits per heavy atom. The predicted molar refractivity (Wildman–Crippen MR) is 73.1 cm³/mol. The largest absolute Gasteiger partial charge is 0.444 e. The molecule has 1 aliphatic heterocycles. The van der Waals surface area contributed by atoms with E-state index in [9.17, 15) is 4.79 Å². The predicted octanol–water partition coefficient (Wildman–Crippen LogP) is 1.67. The molecule has 1 heterocycles. The van der Waals surface area contributed by atoms with Crippen molar-refractivity contribution in [3.05, 3.63) is 0 Å². The number of carbonyl (C=O) groups excluding carboxylic acids is 1. The van der Waals surface area contributed by atoms with Gasteiger partial charge in [-0.1, -0.05) is 0 Å². The fourth-order valence-corrected chi connectivity index (χ4v) is 2.33. The molecule has 0 bridgehead atoms. The number of carbonyl (C=O) groups is 1. The maximum Gasteiger partial charge on any atom is 0.407 e. The quantitative estimate of drug-likeness (QED) is 0.816. The SMILES string of the molecule is CC(C)(C)OC(=O)NC1CC1NCC1CCCOC1. The van der Waals surface area contributed by atoms with Gasteiger partial charge >= 0.3 is 6.09 Å². The van der Waals surface area contributed by atoms with Gasteiger partial charge in [-0.15, -0.1) is 0 Å². The first-order valence-corrected chi connectivity index (χ1v) is 7.25. The van der Waals surface area contributed by atoms with Crippen LogP contribution in [-0.2, 0) is 9.47 Å². The third-order valence-corrected chi connectivity index (χ3v) is 3.42. The molecule has 5 nitrogen and oxygen atoms in total. The molecule has 0 aromatic carbocycles. The van der Waals surface area contributed by atoms with Crippen molar-refractivity contribution in [3.8, 4) is 0 Å². The van der Waals surface area contributed by atoms with Crippen molar-refractivity contribution in [2.45, 2.75) is 57.7 Å². The van der Waals surface area contributed by atoms with Crippen molar-refractivity contribution in [2.75, 3.05) is 19.8 Å². The number of nitrogens with one attached hydrogen (secondary N) is 2. The molecule has 19 heavy (non-hydrogen) atoms. The highest BCUT2D eigenvalue weighted by atomic mass is 16.6. The number of amides is 1. The summed E-state index contributed by atoms with van der Waals surface area (Å²) in [5.74, 6) is 0.622. The van der Waals surface area contributed by atoms with Gasteiger partial charge in [-0.05, 0) is 46.0 Å². The van der Waals surface area contributed by atoms with Gasteiger partial charge in [0.1, 0.15) is 5.60 Å². The van der Waals surface area contributed by atoms with Crippen LogP contribution in [0.15, 0.2) is 0 Å². The van der Waals surface area contributed by atoms with Crippen LogP contribution in [0.2, 0.25) is 0 Å². The van der Waals surface area contributed by atoms with E-state index in [1.165, 1.54) is 6.42 Å². The molecule has 5 heteroatoms. The van der Waals surface area contributed by atoms with Crippen molar-refractivity contribution >= 4 is 6.09 Å². The van der Waals surface area contributed by atoms with E-state index in [1.807, 2.05) is 20.8 Å². The monoisotopic (exact) mass is 270 g/mol. The first kappa shape index (κ1) is 14.6. The summed E-state index contributed by atoms with van der Waals surface area (Å²) in [6.45, 7) is 8.37. The summed E-state index contributed by atoms with van der Waals surface area (Å²) >= 11 is 0. The van der Waals surface area contributed by atoms with Gasteiger partial charge < -0.3 is 20.1 Å². The van der Waals surface area contributed by atoms with Gasteiger partial charge in [-0.25, -0.2) is 4.79 Å². The highest BCUT2D eigenvalue weighted by molar-refractivity contribution is 5.68. The van der Waals surface area contributed by atoms with Crippen molar-refractivity contribution in [1.29, 1.82) is 0 Å². The molecule has 2 fully saturated rings. The summed E-state index contributed by atoms with van der Waals surface area (Å²) in [5, 5.41) is 6.39. The number of hydrogen-bond donors (Lipinski definition) is 2. The number of alkyl carbamates (subject to hydrolysis) is 1. The molecule has 0 spiro atoms. The molecule has 2 N–H and O–H groups in total. The number of rotatable bonds is 4. The van der Waals surface area contributed by atoms with Gasteiger partial charge in [0.2, 0.25) is 0 Å². The fourth-order valence-electron chi connectivity index (χ4n) is 2.33. The standard InChI is InChI=1S/C14H26N2O3/c1-14(2,3)19-13(17)16-12-7-11(12)15-8-10-5-4-6-18-9-10/h10-12,15H,4-9H2,1-3H3,(H,16,17). The second-order valence-corrected chi connectivity index (χ2v) is 6.59. The van der Waals surface area contributed by atoms with Gasteiger partial charge in [0, 0.05) is 25.2 Å². The van der Waals surface area contributed by atoms with E-state index in [0.29, 0.717) is 12.0 Å². The summed E-state index contributed by atoms with van der Waals surface area (Å²) in [5.41, 5.74) is -0.429. The molecule has 2 aliphatic rings. The Morgan fingerprint density at radius 2 is 2.16 bits per heavy atom. The Bertz CT molecular complexity index is 308. The van der Waals surface area contributed by atoms with Gasteiger partial charge in [0.15, 0.2) is 0 Å². The van der Waals surface area contributed by atoms with Gasteiger partial charge in [0.25, 0.3) is 0 Å². The molecule has 0 radical (unpaired) electrons. The minimum atomic E-state index is -0.429. The van der Waals surface area contributed by atoms with Crippen LogP contribution in [0, 0.1) is 5.92 Å².